The fraction of sp³-hybridized carbons (Fsp3) is 0.400. The summed E-state index contributed by atoms with van der Waals surface area (Å²) < 4.78 is 17.5. The van der Waals surface area contributed by atoms with Crippen LogP contribution in [0.5, 0.6) is 0 Å². The van der Waals surface area contributed by atoms with Crippen LogP contribution in [0.25, 0.3) is 0 Å². The Bertz CT molecular complexity index is 563. The second kappa shape index (κ2) is 6.84. The molecule has 1 aromatic rings. The molecule has 1 aromatic carbocycles. The summed E-state index contributed by atoms with van der Waals surface area (Å²) in [5, 5.41) is 11.6. The summed E-state index contributed by atoms with van der Waals surface area (Å²) in [7, 11) is 0. The first-order chi connectivity index (χ1) is 9.78. The van der Waals surface area contributed by atoms with Gasteiger partial charge in [-0.05, 0) is 37.1 Å². The number of nitrogens with zero attached hydrogens (tertiary/aromatic N) is 1. The van der Waals surface area contributed by atoms with Gasteiger partial charge in [-0.25, -0.2) is 9.18 Å². The molecule has 0 saturated carbocycles. The molecule has 5 nitrogen and oxygen atoms in total. The van der Waals surface area contributed by atoms with Crippen LogP contribution in [0.3, 0.4) is 0 Å². The summed E-state index contributed by atoms with van der Waals surface area (Å²) in [5.74, 6) is -1.86. The Hall–Kier alpha value is -2.42. The van der Waals surface area contributed by atoms with E-state index < -0.39 is 29.8 Å². The highest BCUT2D eigenvalue weighted by atomic mass is 19.1. The average Bonchev–Trinajstić information content (AvgIpc) is 2.45. The monoisotopic (exact) mass is 292 g/mol. The van der Waals surface area contributed by atoms with E-state index in [-0.39, 0.29) is 11.5 Å². The molecule has 112 valence electrons. The number of carbonyl (C=O) groups is 2. The number of nitrogens with one attached hydrogen (secondary N) is 1. The Morgan fingerprint density at radius 2 is 1.95 bits per heavy atom. The molecule has 0 bridgehead atoms. The van der Waals surface area contributed by atoms with Crippen molar-refractivity contribution < 1.29 is 18.7 Å². The van der Waals surface area contributed by atoms with Crippen LogP contribution in [-0.2, 0) is 9.53 Å². The highest BCUT2D eigenvalue weighted by Gasteiger charge is 2.30. The molecular weight excluding hydrogens is 275 g/mol. The molecule has 0 fully saturated rings. The van der Waals surface area contributed by atoms with Gasteiger partial charge in [-0.1, -0.05) is 13.8 Å². The van der Waals surface area contributed by atoms with E-state index >= 15 is 0 Å². The van der Waals surface area contributed by atoms with Gasteiger partial charge in [0.1, 0.15) is 11.4 Å². The molecule has 0 heterocycles. The molecule has 6 heteroatoms. The number of hydrogen-bond acceptors (Lipinski definition) is 4. The van der Waals surface area contributed by atoms with E-state index in [0.717, 1.165) is 12.1 Å². The fourth-order valence-corrected chi connectivity index (χ4v) is 1.43. The average molecular weight is 292 g/mol. The number of nitriles is 1. The molecule has 1 rings (SSSR count). The topological polar surface area (TPSA) is 79.2 Å². The molecule has 0 spiro atoms. The summed E-state index contributed by atoms with van der Waals surface area (Å²) >= 11 is 0. The minimum absolute atomic E-state index is 0.0979. The van der Waals surface area contributed by atoms with Crippen LogP contribution in [0.15, 0.2) is 24.3 Å². The standard InChI is InChI=1S/C15H17FN2O3/c1-10(2)15(3,9-17)18-13(19)8-21-14(20)11-4-6-12(16)7-5-11/h4-7,10H,8H2,1-3H3,(H,18,19)/t15-/m0/s1. The van der Waals surface area contributed by atoms with Crippen molar-refractivity contribution in [3.05, 3.63) is 35.6 Å². The molecule has 0 aromatic heterocycles. The molecule has 0 unspecified atom stereocenters. The maximum atomic E-state index is 12.7. The first-order valence-corrected chi connectivity index (χ1v) is 6.43. The number of benzene rings is 1. The lowest BCUT2D eigenvalue weighted by atomic mass is 9.90. The number of amides is 1. The van der Waals surface area contributed by atoms with Gasteiger partial charge in [0, 0.05) is 0 Å². The van der Waals surface area contributed by atoms with E-state index in [9.17, 15) is 14.0 Å². The van der Waals surface area contributed by atoms with E-state index in [0.29, 0.717) is 0 Å². The molecule has 0 aliphatic rings. The zero-order valence-corrected chi connectivity index (χ0v) is 12.1. The lowest BCUT2D eigenvalue weighted by Gasteiger charge is -2.27. The van der Waals surface area contributed by atoms with Crippen molar-refractivity contribution in [1.29, 1.82) is 5.26 Å². The fourth-order valence-electron chi connectivity index (χ4n) is 1.43. The summed E-state index contributed by atoms with van der Waals surface area (Å²) in [6.07, 6.45) is 0. The van der Waals surface area contributed by atoms with Gasteiger partial charge in [0.2, 0.25) is 0 Å². The molecular formula is C15H17FN2O3. The van der Waals surface area contributed by atoms with Crippen LogP contribution in [0.4, 0.5) is 4.39 Å². The van der Waals surface area contributed by atoms with Crippen molar-refractivity contribution in [1.82, 2.24) is 5.32 Å². The maximum absolute atomic E-state index is 12.7. The van der Waals surface area contributed by atoms with Gasteiger partial charge < -0.3 is 10.1 Å². The van der Waals surface area contributed by atoms with E-state index in [1.807, 2.05) is 6.07 Å². The molecule has 1 amide bonds. The molecule has 0 saturated heterocycles. The van der Waals surface area contributed by atoms with E-state index in [4.69, 9.17) is 10.00 Å². The van der Waals surface area contributed by atoms with Crippen LogP contribution >= 0.6 is 0 Å². The second-order valence-corrected chi connectivity index (χ2v) is 5.10. The summed E-state index contributed by atoms with van der Waals surface area (Å²) in [6, 6.07) is 6.81. The van der Waals surface area contributed by atoms with Crippen molar-refractivity contribution in [3.63, 3.8) is 0 Å². The third-order valence-electron chi connectivity index (χ3n) is 3.20. The second-order valence-electron chi connectivity index (χ2n) is 5.10. The van der Waals surface area contributed by atoms with Gasteiger partial charge >= 0.3 is 5.97 Å². The van der Waals surface area contributed by atoms with Crippen LogP contribution in [0, 0.1) is 23.1 Å². The predicted octanol–water partition coefficient (Wildman–Crippen LogP) is 2.04. The van der Waals surface area contributed by atoms with Gasteiger partial charge in [0.05, 0.1) is 11.6 Å². The number of rotatable bonds is 5. The molecule has 21 heavy (non-hydrogen) atoms. The van der Waals surface area contributed by atoms with Gasteiger partial charge in [-0.15, -0.1) is 0 Å². The highest BCUT2D eigenvalue weighted by molar-refractivity contribution is 5.91. The van der Waals surface area contributed by atoms with Gasteiger partial charge in [-0.3, -0.25) is 4.79 Å². The Morgan fingerprint density at radius 3 is 2.43 bits per heavy atom. The van der Waals surface area contributed by atoms with E-state index in [1.165, 1.54) is 12.1 Å². The lowest BCUT2D eigenvalue weighted by Crippen LogP contribution is -2.50. The Morgan fingerprint density at radius 1 is 1.38 bits per heavy atom. The first-order valence-electron chi connectivity index (χ1n) is 6.43. The normalized spacial score (nSPS) is 13.1. The van der Waals surface area contributed by atoms with Crippen LogP contribution in [-0.4, -0.2) is 24.0 Å². The first kappa shape index (κ1) is 16.6. The number of carbonyl (C=O) groups excluding carboxylic acids is 2. The Kier molecular flexibility index (Phi) is 5.42. The minimum atomic E-state index is -1.03. The van der Waals surface area contributed by atoms with Crippen LogP contribution < -0.4 is 5.32 Å². The highest BCUT2D eigenvalue weighted by Crippen LogP contribution is 2.14. The molecule has 0 aliphatic carbocycles. The molecule has 0 aliphatic heterocycles. The number of ether oxygens (including phenoxy) is 1. The predicted molar refractivity (Wildman–Crippen MR) is 73.7 cm³/mol. The van der Waals surface area contributed by atoms with E-state index in [1.54, 1.807) is 20.8 Å². The quantitative estimate of drug-likeness (QED) is 0.842. The molecule has 1 atom stereocenters. The maximum Gasteiger partial charge on any atom is 0.338 e. The van der Waals surface area contributed by atoms with Gasteiger partial charge in [0.15, 0.2) is 6.61 Å². The molecule has 0 radical (unpaired) electrons. The third kappa shape index (κ3) is 4.56. The third-order valence-corrected chi connectivity index (χ3v) is 3.20. The largest absolute Gasteiger partial charge is 0.452 e. The molecule has 1 N–H and O–H groups in total. The van der Waals surface area contributed by atoms with Crippen molar-refractivity contribution >= 4 is 11.9 Å². The zero-order valence-electron chi connectivity index (χ0n) is 12.1. The summed E-state index contributed by atoms with van der Waals surface area (Å²) in [4.78, 5) is 23.4. The van der Waals surface area contributed by atoms with Gasteiger partial charge in [-0.2, -0.15) is 5.26 Å². The SMILES string of the molecule is CC(C)[C@](C)(C#N)NC(=O)COC(=O)c1ccc(F)cc1. The van der Waals surface area contributed by atoms with Crippen LogP contribution in [0.1, 0.15) is 31.1 Å². The Labute approximate surface area is 122 Å². The number of hydrogen-bond donors (Lipinski definition) is 1. The minimum Gasteiger partial charge on any atom is -0.452 e. The van der Waals surface area contributed by atoms with Gasteiger partial charge in [0.25, 0.3) is 5.91 Å². The zero-order chi connectivity index (χ0) is 16.0. The van der Waals surface area contributed by atoms with Crippen molar-refractivity contribution in [2.45, 2.75) is 26.3 Å². The summed E-state index contributed by atoms with van der Waals surface area (Å²) in [6.45, 7) is 4.69. The lowest BCUT2D eigenvalue weighted by molar-refractivity contribution is -0.125. The number of esters is 1. The van der Waals surface area contributed by atoms with Crippen molar-refractivity contribution in [3.8, 4) is 6.07 Å². The smallest absolute Gasteiger partial charge is 0.338 e. The van der Waals surface area contributed by atoms with E-state index in [2.05, 4.69) is 5.32 Å². The summed E-state index contributed by atoms with van der Waals surface area (Å²) in [5.41, 5.74) is -0.879. The number of halogens is 1. The van der Waals surface area contributed by atoms with Crippen LogP contribution in [0.2, 0.25) is 0 Å². The van der Waals surface area contributed by atoms with Crippen molar-refractivity contribution in [2.75, 3.05) is 6.61 Å². The Balaban J connectivity index is 2.55. The van der Waals surface area contributed by atoms with Crippen molar-refractivity contribution in [2.24, 2.45) is 5.92 Å².